The van der Waals surface area contributed by atoms with Crippen LogP contribution in [-0.4, -0.2) is 27.4 Å². The van der Waals surface area contributed by atoms with E-state index in [1.54, 1.807) is 54.6 Å². The lowest BCUT2D eigenvalue weighted by Crippen LogP contribution is -2.32. The third-order valence-electron chi connectivity index (χ3n) is 3.86. The van der Waals surface area contributed by atoms with Gasteiger partial charge in [-0.1, -0.05) is 31.2 Å². The van der Waals surface area contributed by atoms with Gasteiger partial charge in [0.25, 0.3) is 15.9 Å². The van der Waals surface area contributed by atoms with Gasteiger partial charge in [0.15, 0.2) is 0 Å². The number of hydrogen-bond acceptors (Lipinski definition) is 3. The van der Waals surface area contributed by atoms with Crippen molar-refractivity contribution in [2.75, 3.05) is 11.4 Å². The van der Waals surface area contributed by atoms with Gasteiger partial charge in [-0.2, -0.15) is 0 Å². The van der Waals surface area contributed by atoms with E-state index in [4.69, 9.17) is 0 Å². The number of carbonyl (C=O) groups is 1. The normalized spacial score (nSPS) is 12.5. The molecule has 2 rings (SSSR count). The fourth-order valence-corrected chi connectivity index (χ4v) is 3.35. The number of nitrogens with zero attached hydrogens (tertiary/aromatic N) is 1. The topological polar surface area (TPSA) is 66.5 Å². The molecule has 1 N–H and O–H groups in total. The maximum Gasteiger partial charge on any atom is 0.264 e. The zero-order chi connectivity index (χ0) is 17.7. The first-order chi connectivity index (χ1) is 11.4. The van der Waals surface area contributed by atoms with Crippen molar-refractivity contribution in [3.63, 3.8) is 0 Å². The molecule has 2 aromatic carbocycles. The Morgan fingerprint density at radius 3 is 2.42 bits per heavy atom. The standard InChI is InChI=1S/C18H22N2O3S/c1-4-14(2)19-18(21)15-9-8-10-16(13-15)20(3)24(22,23)17-11-6-5-7-12-17/h5-14H,4H2,1-3H3,(H,19,21)/t14-/m1/s1. The molecule has 5 nitrogen and oxygen atoms in total. The van der Waals surface area contributed by atoms with E-state index in [1.807, 2.05) is 13.8 Å². The molecule has 6 heteroatoms. The largest absolute Gasteiger partial charge is 0.350 e. The lowest BCUT2D eigenvalue weighted by Gasteiger charge is -2.20. The molecule has 0 radical (unpaired) electrons. The number of carbonyl (C=O) groups excluding carboxylic acids is 1. The van der Waals surface area contributed by atoms with E-state index in [9.17, 15) is 13.2 Å². The van der Waals surface area contributed by atoms with Crippen molar-refractivity contribution >= 4 is 21.6 Å². The van der Waals surface area contributed by atoms with Crippen LogP contribution in [0.1, 0.15) is 30.6 Å². The molecule has 0 unspecified atom stereocenters. The summed E-state index contributed by atoms with van der Waals surface area (Å²) in [5.74, 6) is -0.211. The minimum Gasteiger partial charge on any atom is -0.350 e. The van der Waals surface area contributed by atoms with Gasteiger partial charge >= 0.3 is 0 Å². The van der Waals surface area contributed by atoms with Crippen LogP contribution < -0.4 is 9.62 Å². The molecule has 0 aliphatic rings. The minimum absolute atomic E-state index is 0.0620. The maximum absolute atomic E-state index is 12.7. The number of rotatable bonds is 6. The molecule has 0 saturated heterocycles. The molecule has 0 heterocycles. The third kappa shape index (κ3) is 3.94. The van der Waals surface area contributed by atoms with E-state index in [1.165, 1.54) is 11.4 Å². The second kappa shape index (κ2) is 7.49. The average molecular weight is 346 g/mol. The van der Waals surface area contributed by atoms with Crippen molar-refractivity contribution in [1.82, 2.24) is 5.32 Å². The van der Waals surface area contributed by atoms with Crippen molar-refractivity contribution in [2.45, 2.75) is 31.2 Å². The Labute approximate surface area is 143 Å². The minimum atomic E-state index is -3.66. The van der Waals surface area contributed by atoms with Crippen LogP contribution in [-0.2, 0) is 10.0 Å². The SMILES string of the molecule is CC[C@@H](C)NC(=O)c1cccc(N(C)S(=O)(=O)c2ccccc2)c1. The molecule has 0 aliphatic heterocycles. The first-order valence-electron chi connectivity index (χ1n) is 7.81. The monoisotopic (exact) mass is 346 g/mol. The van der Waals surface area contributed by atoms with Crippen LogP contribution in [0.3, 0.4) is 0 Å². The Bertz CT molecular complexity index is 804. The summed E-state index contributed by atoms with van der Waals surface area (Å²) < 4.78 is 26.5. The summed E-state index contributed by atoms with van der Waals surface area (Å²) in [6.45, 7) is 3.91. The highest BCUT2D eigenvalue weighted by Gasteiger charge is 2.21. The quantitative estimate of drug-likeness (QED) is 0.874. The Kier molecular flexibility index (Phi) is 5.62. The molecule has 2 aromatic rings. The number of amides is 1. The molecule has 0 aromatic heterocycles. The van der Waals surface area contributed by atoms with Crippen LogP contribution >= 0.6 is 0 Å². The lowest BCUT2D eigenvalue weighted by atomic mass is 10.1. The van der Waals surface area contributed by atoms with Crippen LogP contribution in [0.5, 0.6) is 0 Å². The van der Waals surface area contributed by atoms with E-state index in [0.29, 0.717) is 11.3 Å². The summed E-state index contributed by atoms with van der Waals surface area (Å²) in [5, 5.41) is 2.88. The van der Waals surface area contributed by atoms with Crippen molar-refractivity contribution < 1.29 is 13.2 Å². The molecular weight excluding hydrogens is 324 g/mol. The van der Waals surface area contributed by atoms with Gasteiger partial charge in [-0.05, 0) is 43.7 Å². The predicted octanol–water partition coefficient (Wildman–Crippen LogP) is 3.04. The van der Waals surface area contributed by atoms with Gasteiger partial charge < -0.3 is 5.32 Å². The molecule has 1 amide bonds. The van der Waals surface area contributed by atoms with Crippen LogP contribution in [0.4, 0.5) is 5.69 Å². The second-order valence-electron chi connectivity index (χ2n) is 5.62. The van der Waals surface area contributed by atoms with E-state index in [2.05, 4.69) is 5.32 Å². The number of sulfonamides is 1. The summed E-state index contributed by atoms with van der Waals surface area (Å²) in [6.07, 6.45) is 0.827. The number of anilines is 1. The van der Waals surface area contributed by atoms with Crippen molar-refractivity contribution in [3.8, 4) is 0 Å². The maximum atomic E-state index is 12.7. The van der Waals surface area contributed by atoms with Gasteiger partial charge in [0.2, 0.25) is 0 Å². The number of hydrogen-bond donors (Lipinski definition) is 1. The second-order valence-corrected chi connectivity index (χ2v) is 7.59. The van der Waals surface area contributed by atoms with Crippen LogP contribution in [0, 0.1) is 0 Å². The first kappa shape index (κ1) is 18.0. The molecule has 0 fully saturated rings. The molecule has 0 spiro atoms. The van der Waals surface area contributed by atoms with E-state index < -0.39 is 10.0 Å². The highest BCUT2D eigenvalue weighted by Crippen LogP contribution is 2.22. The first-order valence-corrected chi connectivity index (χ1v) is 9.25. The molecule has 0 bridgehead atoms. The lowest BCUT2D eigenvalue weighted by molar-refractivity contribution is 0.0939. The predicted molar refractivity (Wildman–Crippen MR) is 95.7 cm³/mol. The summed E-state index contributed by atoms with van der Waals surface area (Å²) >= 11 is 0. The van der Waals surface area contributed by atoms with Gasteiger partial charge in [0.05, 0.1) is 10.6 Å². The van der Waals surface area contributed by atoms with Crippen LogP contribution in [0.25, 0.3) is 0 Å². The Morgan fingerprint density at radius 2 is 1.79 bits per heavy atom. The molecule has 0 saturated carbocycles. The van der Waals surface area contributed by atoms with E-state index >= 15 is 0 Å². The van der Waals surface area contributed by atoms with Gasteiger partial charge in [-0.25, -0.2) is 8.42 Å². The van der Waals surface area contributed by atoms with E-state index in [-0.39, 0.29) is 16.8 Å². The van der Waals surface area contributed by atoms with Crippen molar-refractivity contribution in [2.24, 2.45) is 0 Å². The highest BCUT2D eigenvalue weighted by atomic mass is 32.2. The Balaban J connectivity index is 2.29. The zero-order valence-electron chi connectivity index (χ0n) is 14.1. The van der Waals surface area contributed by atoms with Crippen molar-refractivity contribution in [3.05, 3.63) is 60.2 Å². The highest BCUT2D eigenvalue weighted by molar-refractivity contribution is 7.92. The molecular formula is C18H22N2O3S. The summed E-state index contributed by atoms with van der Waals surface area (Å²) in [5.41, 5.74) is 0.874. The number of nitrogens with one attached hydrogen (secondary N) is 1. The zero-order valence-corrected chi connectivity index (χ0v) is 14.9. The summed E-state index contributed by atoms with van der Waals surface area (Å²) in [7, 11) is -2.18. The average Bonchev–Trinajstić information content (AvgIpc) is 2.61. The molecule has 128 valence electrons. The fraction of sp³-hybridized carbons (Fsp3) is 0.278. The summed E-state index contributed by atoms with van der Waals surface area (Å²) in [6, 6.07) is 14.9. The van der Waals surface area contributed by atoms with Gasteiger partial charge in [-0.3, -0.25) is 9.10 Å². The van der Waals surface area contributed by atoms with Crippen LogP contribution in [0.2, 0.25) is 0 Å². The number of benzene rings is 2. The smallest absolute Gasteiger partial charge is 0.264 e. The van der Waals surface area contributed by atoms with Crippen molar-refractivity contribution in [1.29, 1.82) is 0 Å². The Hall–Kier alpha value is -2.34. The molecule has 1 atom stereocenters. The molecule has 24 heavy (non-hydrogen) atoms. The van der Waals surface area contributed by atoms with Crippen LogP contribution in [0.15, 0.2) is 59.5 Å². The van der Waals surface area contributed by atoms with Gasteiger partial charge in [0, 0.05) is 18.7 Å². The van der Waals surface area contributed by atoms with Gasteiger partial charge in [-0.15, -0.1) is 0 Å². The van der Waals surface area contributed by atoms with E-state index in [0.717, 1.165) is 6.42 Å². The Morgan fingerprint density at radius 1 is 1.12 bits per heavy atom. The fourth-order valence-electron chi connectivity index (χ4n) is 2.14. The third-order valence-corrected chi connectivity index (χ3v) is 5.66. The summed E-state index contributed by atoms with van der Waals surface area (Å²) in [4.78, 5) is 12.4. The molecule has 0 aliphatic carbocycles. The van der Waals surface area contributed by atoms with Gasteiger partial charge in [0.1, 0.15) is 0 Å².